The lowest BCUT2D eigenvalue weighted by Crippen LogP contribution is -2.11. The fourth-order valence-corrected chi connectivity index (χ4v) is 0.947. The normalized spacial score (nSPS) is 10.9. The zero-order valence-electron chi connectivity index (χ0n) is 8.01. The van der Waals surface area contributed by atoms with Crippen LogP contribution in [0.1, 0.15) is 17.3 Å². The molecule has 0 amide bonds. The van der Waals surface area contributed by atoms with Gasteiger partial charge in [-0.25, -0.2) is 4.79 Å². The number of hydrogen-bond acceptors (Lipinski definition) is 4. The van der Waals surface area contributed by atoms with Crippen LogP contribution in [0.25, 0.3) is 0 Å². The van der Waals surface area contributed by atoms with Crippen molar-refractivity contribution < 1.29 is 19.5 Å². The fraction of sp³-hybridized carbons (Fsp3) is 0.100. The van der Waals surface area contributed by atoms with Crippen LogP contribution in [0.5, 0.6) is 0 Å². The van der Waals surface area contributed by atoms with E-state index in [1.165, 1.54) is 6.92 Å². The van der Waals surface area contributed by atoms with Gasteiger partial charge in [-0.15, -0.1) is 0 Å². The highest BCUT2D eigenvalue weighted by Gasteiger charge is 2.09. The van der Waals surface area contributed by atoms with Crippen LogP contribution in [0.2, 0.25) is 0 Å². The molecule has 0 aliphatic rings. The Morgan fingerprint density at radius 1 is 1.27 bits per heavy atom. The first kappa shape index (κ1) is 10.9. The number of Topliss-reactive ketones (excluding diaryl/α,β-unsaturated/α-hetero) is 1. The van der Waals surface area contributed by atoms with Crippen LogP contribution >= 0.6 is 0 Å². The molecule has 1 N–H and O–H groups in total. The standard InChI is InChI=1S/C10H9NO4/c1-7(11-15-10(13)14)9(12)8-5-3-2-4-6-8/h2-6H,1H3,(H,13,14). The number of carbonyl (C=O) groups excluding carboxylic acids is 1. The molecule has 0 radical (unpaired) electrons. The Balaban J connectivity index is 2.77. The van der Waals surface area contributed by atoms with Crippen molar-refractivity contribution in [2.24, 2.45) is 5.16 Å². The number of rotatable bonds is 3. The van der Waals surface area contributed by atoms with E-state index in [1.54, 1.807) is 30.3 Å². The Bertz CT molecular complexity index is 397. The summed E-state index contributed by atoms with van der Waals surface area (Å²) in [5, 5.41) is 11.3. The summed E-state index contributed by atoms with van der Waals surface area (Å²) < 4.78 is 0. The van der Waals surface area contributed by atoms with E-state index < -0.39 is 6.16 Å². The Kier molecular flexibility index (Phi) is 3.56. The predicted molar refractivity (Wildman–Crippen MR) is 53.0 cm³/mol. The van der Waals surface area contributed by atoms with Gasteiger partial charge in [-0.2, -0.15) is 0 Å². The summed E-state index contributed by atoms with van der Waals surface area (Å²) >= 11 is 0. The number of hydrogen-bond donors (Lipinski definition) is 1. The number of carbonyl (C=O) groups is 2. The number of oxime groups is 1. The summed E-state index contributed by atoms with van der Waals surface area (Å²) in [7, 11) is 0. The fourth-order valence-electron chi connectivity index (χ4n) is 0.947. The molecule has 0 spiro atoms. The zero-order valence-corrected chi connectivity index (χ0v) is 8.01. The van der Waals surface area contributed by atoms with Crippen LogP contribution in [0.4, 0.5) is 4.79 Å². The molecule has 0 heterocycles. The first-order valence-corrected chi connectivity index (χ1v) is 4.15. The van der Waals surface area contributed by atoms with Crippen molar-refractivity contribution in [2.45, 2.75) is 6.92 Å². The lowest BCUT2D eigenvalue weighted by molar-refractivity contribution is 0.0931. The molecule has 1 aromatic rings. The van der Waals surface area contributed by atoms with Gasteiger partial charge >= 0.3 is 6.16 Å². The van der Waals surface area contributed by atoms with E-state index >= 15 is 0 Å². The minimum atomic E-state index is -1.55. The Morgan fingerprint density at radius 3 is 2.40 bits per heavy atom. The van der Waals surface area contributed by atoms with Crippen LogP contribution in [-0.4, -0.2) is 22.8 Å². The van der Waals surface area contributed by atoms with Crippen molar-refractivity contribution in [3.05, 3.63) is 35.9 Å². The van der Waals surface area contributed by atoms with Crippen LogP contribution in [-0.2, 0) is 4.84 Å². The Hall–Kier alpha value is -2.17. The molecule has 1 aromatic carbocycles. The van der Waals surface area contributed by atoms with Crippen LogP contribution < -0.4 is 0 Å². The third kappa shape index (κ3) is 3.22. The van der Waals surface area contributed by atoms with Crippen molar-refractivity contribution in [1.82, 2.24) is 0 Å². The van der Waals surface area contributed by atoms with Crippen LogP contribution in [0.15, 0.2) is 35.5 Å². The number of carboxylic acid groups (broad SMARTS) is 1. The average molecular weight is 207 g/mol. The minimum absolute atomic E-state index is 0.0106. The smallest absolute Gasteiger partial charge is 0.448 e. The summed E-state index contributed by atoms with van der Waals surface area (Å²) in [5.74, 6) is -0.364. The van der Waals surface area contributed by atoms with Crippen LogP contribution in [0, 0.1) is 0 Å². The van der Waals surface area contributed by atoms with E-state index in [0.29, 0.717) is 5.56 Å². The monoisotopic (exact) mass is 207 g/mol. The van der Waals surface area contributed by atoms with Crippen molar-refractivity contribution in [3.8, 4) is 0 Å². The van der Waals surface area contributed by atoms with Gasteiger partial charge in [0.2, 0.25) is 5.78 Å². The Morgan fingerprint density at radius 2 is 1.87 bits per heavy atom. The van der Waals surface area contributed by atoms with Gasteiger partial charge in [0.1, 0.15) is 5.71 Å². The molecule has 0 saturated heterocycles. The van der Waals surface area contributed by atoms with E-state index in [2.05, 4.69) is 9.99 Å². The van der Waals surface area contributed by atoms with E-state index in [1.807, 2.05) is 0 Å². The topological polar surface area (TPSA) is 76.0 Å². The molecule has 0 atom stereocenters. The lowest BCUT2D eigenvalue weighted by Gasteiger charge is -1.98. The summed E-state index contributed by atoms with van der Waals surface area (Å²) in [6.07, 6.45) is -1.55. The van der Waals surface area contributed by atoms with Gasteiger partial charge < -0.3 is 5.11 Å². The molecular formula is C10H9NO4. The molecule has 5 heteroatoms. The molecule has 0 aromatic heterocycles. The molecular weight excluding hydrogens is 198 g/mol. The van der Waals surface area contributed by atoms with Crippen LogP contribution in [0.3, 0.4) is 0 Å². The molecule has 0 aliphatic heterocycles. The Labute approximate surface area is 86.0 Å². The highest BCUT2D eigenvalue weighted by atomic mass is 16.7. The quantitative estimate of drug-likeness (QED) is 0.355. The first-order valence-electron chi connectivity index (χ1n) is 4.15. The molecule has 0 unspecified atom stereocenters. The highest BCUT2D eigenvalue weighted by molar-refractivity contribution is 6.45. The van der Waals surface area contributed by atoms with Gasteiger partial charge in [-0.1, -0.05) is 35.5 Å². The number of nitrogens with zero attached hydrogens (tertiary/aromatic N) is 1. The third-order valence-corrected chi connectivity index (χ3v) is 1.63. The maximum absolute atomic E-state index is 11.6. The van der Waals surface area contributed by atoms with Crippen molar-refractivity contribution in [1.29, 1.82) is 0 Å². The molecule has 0 fully saturated rings. The summed E-state index contributed by atoms with van der Waals surface area (Å²) in [5.41, 5.74) is 0.427. The first-order chi connectivity index (χ1) is 7.11. The van der Waals surface area contributed by atoms with Gasteiger partial charge in [0, 0.05) is 5.56 Å². The largest absolute Gasteiger partial charge is 0.532 e. The van der Waals surface area contributed by atoms with Gasteiger partial charge in [-0.05, 0) is 6.92 Å². The summed E-state index contributed by atoms with van der Waals surface area (Å²) in [6.45, 7) is 1.39. The van der Waals surface area contributed by atoms with E-state index in [9.17, 15) is 9.59 Å². The van der Waals surface area contributed by atoms with Gasteiger partial charge in [-0.3, -0.25) is 9.63 Å². The highest BCUT2D eigenvalue weighted by Crippen LogP contribution is 2.01. The van der Waals surface area contributed by atoms with E-state index in [0.717, 1.165) is 0 Å². The molecule has 1 rings (SSSR count). The van der Waals surface area contributed by atoms with Crippen molar-refractivity contribution in [3.63, 3.8) is 0 Å². The van der Waals surface area contributed by atoms with Gasteiger partial charge in [0.25, 0.3) is 0 Å². The number of benzene rings is 1. The maximum atomic E-state index is 11.6. The molecule has 15 heavy (non-hydrogen) atoms. The zero-order chi connectivity index (χ0) is 11.3. The molecule has 0 aliphatic carbocycles. The van der Waals surface area contributed by atoms with E-state index in [4.69, 9.17) is 5.11 Å². The van der Waals surface area contributed by atoms with Gasteiger partial charge in [0.05, 0.1) is 0 Å². The van der Waals surface area contributed by atoms with Gasteiger partial charge in [0.15, 0.2) is 0 Å². The predicted octanol–water partition coefficient (Wildman–Crippen LogP) is 1.94. The second-order valence-electron chi connectivity index (χ2n) is 2.73. The maximum Gasteiger partial charge on any atom is 0.532 e. The second kappa shape index (κ2) is 4.90. The number of ketones is 1. The lowest BCUT2D eigenvalue weighted by atomic mass is 10.1. The molecule has 78 valence electrons. The second-order valence-corrected chi connectivity index (χ2v) is 2.73. The minimum Gasteiger partial charge on any atom is -0.448 e. The van der Waals surface area contributed by atoms with Crippen molar-refractivity contribution >= 4 is 17.7 Å². The van der Waals surface area contributed by atoms with Crippen molar-refractivity contribution in [2.75, 3.05) is 0 Å². The SMILES string of the molecule is CC(=NOC(=O)O)C(=O)c1ccccc1. The summed E-state index contributed by atoms with van der Waals surface area (Å²) in [6, 6.07) is 8.42. The average Bonchev–Trinajstić information content (AvgIpc) is 2.26. The molecule has 5 nitrogen and oxygen atoms in total. The molecule has 0 bridgehead atoms. The van der Waals surface area contributed by atoms with E-state index in [-0.39, 0.29) is 11.5 Å². The third-order valence-electron chi connectivity index (χ3n) is 1.63. The molecule has 0 saturated carbocycles. The summed E-state index contributed by atoms with van der Waals surface area (Å²) in [4.78, 5) is 25.5.